The van der Waals surface area contributed by atoms with Gasteiger partial charge < -0.3 is 9.14 Å². The molecule has 4 nitrogen and oxygen atoms in total. The number of hydrogen-bond donors (Lipinski definition) is 0. The number of pyridine rings is 1. The standard InChI is InChI=1S/C18H16N2O2.3C2H6/c1-11-12(2)20-9-8-14-15(21)10-16(13-6-4-3-5-7-13)22-17(14)18(20)19-11;3*1-2/h3-9,16H,10H2,1-2H3;3*1-2H3. The third-order valence-electron chi connectivity index (χ3n) is 4.33. The molecule has 1 atom stereocenters. The Kier molecular flexibility index (Phi) is 9.43. The predicted octanol–water partition coefficient (Wildman–Crippen LogP) is 6.74. The monoisotopic (exact) mass is 382 g/mol. The summed E-state index contributed by atoms with van der Waals surface area (Å²) in [6, 6.07) is 11.7. The van der Waals surface area contributed by atoms with E-state index in [1.807, 2.05) is 102 Å². The maximum absolute atomic E-state index is 12.5. The molecule has 28 heavy (non-hydrogen) atoms. The maximum Gasteiger partial charge on any atom is 0.180 e. The summed E-state index contributed by atoms with van der Waals surface area (Å²) in [7, 11) is 0. The first-order chi connectivity index (χ1) is 13.6. The van der Waals surface area contributed by atoms with Gasteiger partial charge in [-0.05, 0) is 25.5 Å². The van der Waals surface area contributed by atoms with Crippen LogP contribution < -0.4 is 4.74 Å². The molecular weight excluding hydrogens is 348 g/mol. The second-order valence-corrected chi connectivity index (χ2v) is 5.68. The van der Waals surface area contributed by atoms with Gasteiger partial charge >= 0.3 is 0 Å². The first-order valence-electron chi connectivity index (χ1n) is 10.4. The number of Topliss-reactive ketones (excluding diaryl/α,β-unsaturated/α-hetero) is 1. The Morgan fingerprint density at radius 3 is 2.18 bits per heavy atom. The van der Waals surface area contributed by atoms with Crippen LogP contribution in [0.5, 0.6) is 5.75 Å². The van der Waals surface area contributed by atoms with Crippen molar-refractivity contribution in [1.82, 2.24) is 9.38 Å². The minimum absolute atomic E-state index is 0.107. The Hall–Kier alpha value is -2.62. The Balaban J connectivity index is 0.000000599. The molecule has 3 aromatic rings. The predicted molar refractivity (Wildman–Crippen MR) is 117 cm³/mol. The number of carbonyl (C=O) groups is 1. The molecule has 0 spiro atoms. The molecule has 0 N–H and O–H groups in total. The topological polar surface area (TPSA) is 43.6 Å². The van der Waals surface area contributed by atoms with Gasteiger partial charge in [0.1, 0.15) is 6.10 Å². The molecule has 1 aliphatic heterocycles. The number of hydrogen-bond acceptors (Lipinski definition) is 3. The molecular formula is C24H34N2O2. The quantitative estimate of drug-likeness (QED) is 0.468. The lowest BCUT2D eigenvalue weighted by molar-refractivity contribution is 0.0852. The molecule has 3 heterocycles. The van der Waals surface area contributed by atoms with Crippen LogP contribution in [0, 0.1) is 13.8 Å². The van der Waals surface area contributed by atoms with Crippen LogP contribution in [-0.2, 0) is 0 Å². The molecule has 4 rings (SSSR count). The van der Waals surface area contributed by atoms with Crippen LogP contribution in [0.2, 0.25) is 0 Å². The van der Waals surface area contributed by atoms with Gasteiger partial charge in [0.25, 0.3) is 0 Å². The molecule has 0 saturated heterocycles. The van der Waals surface area contributed by atoms with E-state index in [4.69, 9.17) is 4.74 Å². The average Bonchev–Trinajstić information content (AvgIpc) is 3.07. The van der Waals surface area contributed by atoms with Gasteiger partial charge in [0, 0.05) is 11.9 Å². The van der Waals surface area contributed by atoms with E-state index < -0.39 is 0 Å². The summed E-state index contributed by atoms with van der Waals surface area (Å²) in [5, 5.41) is 0. The van der Waals surface area contributed by atoms with Crippen LogP contribution >= 0.6 is 0 Å². The van der Waals surface area contributed by atoms with Gasteiger partial charge in [-0.1, -0.05) is 71.9 Å². The van der Waals surface area contributed by atoms with Gasteiger partial charge in [-0.25, -0.2) is 4.98 Å². The average molecular weight is 383 g/mol. The van der Waals surface area contributed by atoms with E-state index in [1.165, 1.54) is 0 Å². The van der Waals surface area contributed by atoms with Gasteiger partial charge in [0.05, 0.1) is 17.7 Å². The summed E-state index contributed by atoms with van der Waals surface area (Å²) < 4.78 is 8.15. The third kappa shape index (κ3) is 4.61. The summed E-state index contributed by atoms with van der Waals surface area (Å²) in [6.07, 6.45) is 2.02. The lowest BCUT2D eigenvalue weighted by Crippen LogP contribution is -2.21. The molecule has 0 amide bonds. The molecule has 4 heteroatoms. The van der Waals surface area contributed by atoms with Crippen LogP contribution in [0.3, 0.4) is 0 Å². The second kappa shape index (κ2) is 11.3. The first kappa shape index (κ1) is 23.4. The molecule has 0 saturated carbocycles. The SMILES string of the molecule is CC.CC.CC.Cc1nc2c3c(ccn2c1C)C(=O)CC(c1ccccc1)O3. The van der Waals surface area contributed by atoms with Crippen molar-refractivity contribution < 1.29 is 9.53 Å². The number of aryl methyl sites for hydroxylation is 2. The number of rotatable bonds is 1. The van der Waals surface area contributed by atoms with Crippen molar-refractivity contribution >= 4 is 11.4 Å². The number of ketones is 1. The number of fused-ring (bicyclic) bond motifs is 3. The van der Waals surface area contributed by atoms with E-state index in [2.05, 4.69) is 4.98 Å². The van der Waals surface area contributed by atoms with Crippen LogP contribution in [0.25, 0.3) is 5.65 Å². The Morgan fingerprint density at radius 1 is 0.964 bits per heavy atom. The van der Waals surface area contributed by atoms with Crippen molar-refractivity contribution in [3.05, 3.63) is 65.1 Å². The van der Waals surface area contributed by atoms with Gasteiger partial charge in [0.2, 0.25) is 0 Å². The van der Waals surface area contributed by atoms with Crippen molar-refractivity contribution in [2.45, 2.75) is 67.9 Å². The summed E-state index contributed by atoms with van der Waals surface area (Å²) in [5.74, 6) is 0.708. The normalized spacial score (nSPS) is 14.3. The Bertz CT molecular complexity index is 883. The fourth-order valence-corrected chi connectivity index (χ4v) is 2.97. The van der Waals surface area contributed by atoms with Crippen molar-refractivity contribution in [1.29, 1.82) is 0 Å². The van der Waals surface area contributed by atoms with Crippen LogP contribution in [-0.4, -0.2) is 15.2 Å². The molecule has 0 aliphatic carbocycles. The van der Waals surface area contributed by atoms with E-state index in [0.717, 1.165) is 22.6 Å². The van der Waals surface area contributed by atoms with Gasteiger partial charge in [-0.2, -0.15) is 0 Å². The minimum Gasteiger partial charge on any atom is -0.481 e. The van der Waals surface area contributed by atoms with Crippen molar-refractivity contribution in [2.75, 3.05) is 0 Å². The summed E-state index contributed by atoms with van der Waals surface area (Å²) in [6.45, 7) is 16.0. The molecule has 1 aliphatic rings. The second-order valence-electron chi connectivity index (χ2n) is 5.68. The highest BCUT2D eigenvalue weighted by Gasteiger charge is 2.30. The summed E-state index contributed by atoms with van der Waals surface area (Å²) >= 11 is 0. The van der Waals surface area contributed by atoms with Gasteiger partial charge in [-0.15, -0.1) is 0 Å². The first-order valence-corrected chi connectivity index (χ1v) is 10.4. The molecule has 152 valence electrons. The number of nitrogens with zero attached hydrogens (tertiary/aromatic N) is 2. The fraction of sp³-hybridized carbons (Fsp3) is 0.417. The zero-order chi connectivity index (χ0) is 21.3. The van der Waals surface area contributed by atoms with E-state index in [1.54, 1.807) is 0 Å². The minimum atomic E-state index is -0.246. The molecule has 0 fully saturated rings. The van der Waals surface area contributed by atoms with Crippen LogP contribution in [0.15, 0.2) is 42.6 Å². The lowest BCUT2D eigenvalue weighted by Gasteiger charge is -2.25. The van der Waals surface area contributed by atoms with E-state index >= 15 is 0 Å². The highest BCUT2D eigenvalue weighted by Crippen LogP contribution is 2.37. The molecule has 1 unspecified atom stereocenters. The molecule has 1 aromatic carbocycles. The van der Waals surface area contributed by atoms with Crippen molar-refractivity contribution in [2.24, 2.45) is 0 Å². The largest absolute Gasteiger partial charge is 0.481 e. The maximum atomic E-state index is 12.5. The van der Waals surface area contributed by atoms with Gasteiger partial charge in [-0.3, -0.25) is 4.79 Å². The summed E-state index contributed by atoms with van der Waals surface area (Å²) in [5.41, 5.74) is 4.39. The zero-order valence-electron chi connectivity index (χ0n) is 18.5. The van der Waals surface area contributed by atoms with Crippen LogP contribution in [0.4, 0.5) is 0 Å². The van der Waals surface area contributed by atoms with Crippen molar-refractivity contribution in [3.63, 3.8) is 0 Å². The van der Waals surface area contributed by atoms with E-state index in [-0.39, 0.29) is 11.9 Å². The van der Waals surface area contributed by atoms with Crippen LogP contribution in [0.1, 0.15) is 81.4 Å². The Morgan fingerprint density at radius 2 is 1.57 bits per heavy atom. The zero-order valence-corrected chi connectivity index (χ0v) is 18.5. The molecule has 0 radical (unpaired) electrons. The highest BCUT2D eigenvalue weighted by atomic mass is 16.5. The number of ether oxygens (including phenoxy) is 1. The summed E-state index contributed by atoms with van der Waals surface area (Å²) in [4.78, 5) is 17.1. The third-order valence-corrected chi connectivity index (χ3v) is 4.33. The molecule has 0 bridgehead atoms. The lowest BCUT2D eigenvalue weighted by atomic mass is 9.97. The number of aromatic nitrogens is 2. The number of benzene rings is 1. The number of imidazole rings is 1. The molecule has 2 aromatic heterocycles. The highest BCUT2D eigenvalue weighted by molar-refractivity contribution is 6.01. The van der Waals surface area contributed by atoms with E-state index in [0.29, 0.717) is 17.7 Å². The fourth-order valence-electron chi connectivity index (χ4n) is 2.97. The number of carbonyl (C=O) groups excluding carboxylic acids is 1. The van der Waals surface area contributed by atoms with E-state index in [9.17, 15) is 4.79 Å². The van der Waals surface area contributed by atoms with Gasteiger partial charge in [0.15, 0.2) is 17.2 Å². The Labute approximate surface area is 169 Å². The smallest absolute Gasteiger partial charge is 0.180 e. The van der Waals surface area contributed by atoms with Crippen molar-refractivity contribution in [3.8, 4) is 5.75 Å².